The number of methoxy groups -OCH3 is 2. The van der Waals surface area contributed by atoms with E-state index in [9.17, 15) is 13.2 Å². The fourth-order valence-electron chi connectivity index (χ4n) is 4.11. The van der Waals surface area contributed by atoms with E-state index in [1.165, 1.54) is 26.2 Å². The number of nitrogens with one attached hydrogen (secondary N) is 1. The van der Waals surface area contributed by atoms with Gasteiger partial charge in [-0.2, -0.15) is 0 Å². The average molecular weight is 560 g/mol. The second-order valence-corrected chi connectivity index (χ2v) is 11.7. The third-order valence-electron chi connectivity index (χ3n) is 6.25. The summed E-state index contributed by atoms with van der Waals surface area (Å²) >= 11 is 6.34. The predicted molar refractivity (Wildman–Crippen MR) is 151 cm³/mol. The molecule has 0 aliphatic carbocycles. The van der Waals surface area contributed by atoms with E-state index in [2.05, 4.69) is 5.32 Å². The molecule has 0 aliphatic rings. The van der Waals surface area contributed by atoms with E-state index >= 15 is 0 Å². The SMILES string of the molecule is COc1ccc(C(CNC(=O)c2cc(S(=O)(=O)N(C)C)c(Cl)cc2N(C)C)Cc2ccccc2)cc1OC. The fraction of sp³-hybridized carbons (Fsp3) is 0.321. The maximum Gasteiger partial charge on any atom is 0.253 e. The van der Waals surface area contributed by atoms with Gasteiger partial charge in [0.2, 0.25) is 10.0 Å². The number of rotatable bonds is 11. The first-order chi connectivity index (χ1) is 18.0. The van der Waals surface area contributed by atoms with Crippen molar-refractivity contribution < 1.29 is 22.7 Å². The molecule has 1 atom stereocenters. The molecule has 1 unspecified atom stereocenters. The first kappa shape index (κ1) is 29.3. The lowest BCUT2D eigenvalue weighted by Crippen LogP contribution is -2.31. The Hall–Kier alpha value is -3.27. The Bertz CT molecular complexity index is 1380. The van der Waals surface area contributed by atoms with Gasteiger partial charge in [-0.25, -0.2) is 12.7 Å². The van der Waals surface area contributed by atoms with Gasteiger partial charge in [0.05, 0.1) is 30.5 Å². The van der Waals surface area contributed by atoms with Crippen LogP contribution in [0.25, 0.3) is 0 Å². The van der Waals surface area contributed by atoms with Gasteiger partial charge in [-0.15, -0.1) is 0 Å². The summed E-state index contributed by atoms with van der Waals surface area (Å²) in [5, 5.41) is 3.06. The highest BCUT2D eigenvalue weighted by Gasteiger charge is 2.26. The second kappa shape index (κ2) is 12.5. The number of hydrogen-bond donors (Lipinski definition) is 1. The Morgan fingerprint density at radius 3 is 2.18 bits per heavy atom. The summed E-state index contributed by atoms with van der Waals surface area (Å²) in [5.41, 5.74) is 2.80. The molecule has 204 valence electrons. The molecule has 0 aliphatic heterocycles. The van der Waals surface area contributed by atoms with Crippen molar-refractivity contribution in [3.05, 3.63) is 82.4 Å². The standard InChI is InChI=1S/C28H34ClN3O5S/c1-31(2)24-17-23(29)27(38(34,35)32(3)4)16-22(24)28(33)30-18-21(14-19-10-8-7-9-11-19)20-12-13-25(36-5)26(15-20)37-6/h7-13,15-17,21H,14,18H2,1-6H3,(H,30,33). The molecule has 3 aromatic rings. The number of nitrogens with zero attached hydrogens (tertiary/aromatic N) is 2. The Morgan fingerprint density at radius 2 is 1.61 bits per heavy atom. The smallest absolute Gasteiger partial charge is 0.253 e. The number of carbonyl (C=O) groups excluding carboxylic acids is 1. The number of anilines is 1. The van der Waals surface area contributed by atoms with Crippen molar-refractivity contribution in [3.63, 3.8) is 0 Å². The highest BCUT2D eigenvalue weighted by molar-refractivity contribution is 7.89. The van der Waals surface area contributed by atoms with Gasteiger partial charge in [-0.05, 0) is 41.8 Å². The number of amides is 1. The second-order valence-electron chi connectivity index (χ2n) is 9.19. The molecule has 10 heteroatoms. The lowest BCUT2D eigenvalue weighted by molar-refractivity contribution is 0.0951. The molecule has 0 saturated carbocycles. The summed E-state index contributed by atoms with van der Waals surface area (Å²) in [7, 11) is 5.68. The summed E-state index contributed by atoms with van der Waals surface area (Å²) in [4.78, 5) is 15.1. The van der Waals surface area contributed by atoms with Crippen LogP contribution in [0, 0.1) is 0 Å². The first-order valence-corrected chi connectivity index (χ1v) is 13.8. The summed E-state index contributed by atoms with van der Waals surface area (Å²) in [6, 6.07) is 18.5. The van der Waals surface area contributed by atoms with Crippen molar-refractivity contribution in [2.24, 2.45) is 0 Å². The molecule has 0 heterocycles. The molecule has 1 N–H and O–H groups in total. The highest BCUT2D eigenvalue weighted by atomic mass is 35.5. The predicted octanol–water partition coefficient (Wildman–Crippen LogP) is 4.43. The normalized spacial score (nSPS) is 12.2. The number of benzene rings is 3. The minimum atomic E-state index is -3.86. The van der Waals surface area contributed by atoms with Gasteiger partial charge in [-0.1, -0.05) is 48.0 Å². The fourth-order valence-corrected chi connectivity index (χ4v) is 5.53. The van der Waals surface area contributed by atoms with E-state index in [0.717, 1.165) is 15.4 Å². The highest BCUT2D eigenvalue weighted by Crippen LogP contribution is 2.33. The third-order valence-corrected chi connectivity index (χ3v) is 8.53. The monoisotopic (exact) mass is 559 g/mol. The van der Waals surface area contributed by atoms with Crippen LogP contribution in [-0.4, -0.2) is 67.6 Å². The van der Waals surface area contributed by atoms with Crippen LogP contribution in [0.15, 0.2) is 65.6 Å². The van der Waals surface area contributed by atoms with Gasteiger partial charge < -0.3 is 19.7 Å². The molecule has 8 nitrogen and oxygen atoms in total. The summed E-state index contributed by atoms with van der Waals surface area (Å²) in [6.45, 7) is 0.300. The van der Waals surface area contributed by atoms with Crippen LogP contribution in [0.1, 0.15) is 27.4 Å². The summed E-state index contributed by atoms with van der Waals surface area (Å²) in [5.74, 6) is 0.714. The van der Waals surface area contributed by atoms with Gasteiger partial charge in [0.25, 0.3) is 5.91 Å². The van der Waals surface area contributed by atoms with Gasteiger partial charge in [-0.3, -0.25) is 4.79 Å². The molecule has 1 amide bonds. The van der Waals surface area contributed by atoms with E-state index < -0.39 is 15.9 Å². The van der Waals surface area contributed by atoms with Crippen LogP contribution in [0.3, 0.4) is 0 Å². The largest absolute Gasteiger partial charge is 0.493 e. The molecule has 0 aromatic heterocycles. The van der Waals surface area contributed by atoms with Gasteiger partial charge >= 0.3 is 0 Å². The Kier molecular flexibility index (Phi) is 9.65. The zero-order chi connectivity index (χ0) is 28.0. The van der Waals surface area contributed by atoms with E-state index in [-0.39, 0.29) is 21.4 Å². The average Bonchev–Trinajstić information content (AvgIpc) is 2.90. The zero-order valence-electron chi connectivity index (χ0n) is 22.5. The van der Waals surface area contributed by atoms with Crippen LogP contribution in [-0.2, 0) is 16.4 Å². The van der Waals surface area contributed by atoms with E-state index in [1.54, 1.807) is 33.2 Å². The van der Waals surface area contributed by atoms with Gasteiger partial charge in [0, 0.05) is 40.7 Å². The third kappa shape index (κ3) is 6.59. The van der Waals surface area contributed by atoms with E-state index in [1.807, 2.05) is 48.5 Å². The number of hydrogen-bond acceptors (Lipinski definition) is 6. The van der Waals surface area contributed by atoms with Crippen molar-refractivity contribution in [2.75, 3.05) is 53.9 Å². The molecule has 0 radical (unpaired) electrons. The van der Waals surface area contributed by atoms with Crippen molar-refractivity contribution in [1.82, 2.24) is 9.62 Å². The molecule has 0 bridgehead atoms. The summed E-state index contributed by atoms with van der Waals surface area (Å²) < 4.78 is 37.6. The lowest BCUT2D eigenvalue weighted by Gasteiger charge is -2.23. The van der Waals surface area contributed by atoms with Crippen molar-refractivity contribution in [2.45, 2.75) is 17.2 Å². The minimum absolute atomic E-state index is 0.0474. The van der Waals surface area contributed by atoms with Crippen molar-refractivity contribution in [3.8, 4) is 11.5 Å². The maximum atomic E-state index is 13.5. The van der Waals surface area contributed by atoms with Crippen LogP contribution < -0.4 is 19.7 Å². The summed E-state index contributed by atoms with van der Waals surface area (Å²) in [6.07, 6.45) is 0.665. The van der Waals surface area contributed by atoms with Gasteiger partial charge in [0.1, 0.15) is 4.90 Å². The Labute approximate surface area is 230 Å². The topological polar surface area (TPSA) is 88.2 Å². The molecule has 0 spiro atoms. The van der Waals surface area contributed by atoms with Crippen LogP contribution >= 0.6 is 11.6 Å². The number of carbonyl (C=O) groups is 1. The molecule has 3 aromatic carbocycles. The number of halogens is 1. The van der Waals surface area contributed by atoms with Crippen molar-refractivity contribution in [1.29, 1.82) is 0 Å². The lowest BCUT2D eigenvalue weighted by atomic mass is 9.91. The van der Waals surface area contributed by atoms with E-state index in [0.29, 0.717) is 30.2 Å². The van der Waals surface area contributed by atoms with Crippen LogP contribution in [0.2, 0.25) is 5.02 Å². The Morgan fingerprint density at radius 1 is 0.947 bits per heavy atom. The molecule has 0 saturated heterocycles. The molecular weight excluding hydrogens is 526 g/mol. The zero-order valence-corrected chi connectivity index (χ0v) is 24.1. The minimum Gasteiger partial charge on any atom is -0.493 e. The van der Waals surface area contributed by atoms with Crippen LogP contribution in [0.4, 0.5) is 5.69 Å². The maximum absolute atomic E-state index is 13.5. The quantitative estimate of drug-likeness (QED) is 0.374. The first-order valence-electron chi connectivity index (χ1n) is 12.0. The van der Waals surface area contributed by atoms with Crippen LogP contribution in [0.5, 0.6) is 11.5 Å². The number of sulfonamides is 1. The van der Waals surface area contributed by atoms with Gasteiger partial charge in [0.15, 0.2) is 11.5 Å². The molecule has 0 fully saturated rings. The van der Waals surface area contributed by atoms with E-state index in [4.69, 9.17) is 21.1 Å². The Balaban J connectivity index is 1.97. The molecule has 38 heavy (non-hydrogen) atoms. The van der Waals surface area contributed by atoms with Crippen molar-refractivity contribution >= 4 is 33.2 Å². The molecular formula is C28H34ClN3O5S. The number of ether oxygens (including phenoxy) is 2. The molecule has 3 rings (SSSR count).